The number of hydrogen-bond acceptors (Lipinski definition) is 5. The second kappa shape index (κ2) is 9.39. The van der Waals surface area contributed by atoms with Crippen LogP contribution in [0.1, 0.15) is 24.5 Å². The van der Waals surface area contributed by atoms with Crippen LogP contribution in [0.5, 0.6) is 5.75 Å². The highest BCUT2D eigenvalue weighted by Gasteiger charge is 2.18. The zero-order chi connectivity index (χ0) is 17.4. The monoisotopic (exact) mass is 348 g/mol. The molecule has 0 saturated carbocycles. The molecule has 1 heterocycles. The van der Waals surface area contributed by atoms with E-state index < -0.39 is 0 Å². The van der Waals surface area contributed by atoms with E-state index in [-0.39, 0.29) is 11.8 Å². The van der Waals surface area contributed by atoms with Crippen molar-refractivity contribution in [3.63, 3.8) is 0 Å². The Balaban J connectivity index is 1.93. The van der Waals surface area contributed by atoms with E-state index >= 15 is 0 Å². The first-order chi connectivity index (χ1) is 11.6. The van der Waals surface area contributed by atoms with E-state index in [4.69, 9.17) is 9.47 Å². The molecule has 130 valence electrons. The second-order valence-electron chi connectivity index (χ2n) is 5.74. The third kappa shape index (κ3) is 5.62. The van der Waals surface area contributed by atoms with Gasteiger partial charge in [0, 0.05) is 25.0 Å². The van der Waals surface area contributed by atoms with Crippen LogP contribution in [0.3, 0.4) is 0 Å². The van der Waals surface area contributed by atoms with E-state index in [0.29, 0.717) is 26.3 Å². The Kier molecular flexibility index (Phi) is 7.21. The molecule has 0 aliphatic carbocycles. The zero-order valence-corrected chi connectivity index (χ0v) is 15.2. The molecular weight excluding hydrogens is 324 g/mol. The topological polar surface area (TPSA) is 51.7 Å². The Hall–Kier alpha value is -1.92. The SMILES string of the molecule is COCCN(Cc1csc(COc2ccccc2)n1)C(=O)C(C)C. The molecule has 0 aliphatic rings. The number of amides is 1. The van der Waals surface area contributed by atoms with E-state index in [2.05, 4.69) is 4.98 Å². The van der Waals surface area contributed by atoms with E-state index in [9.17, 15) is 4.79 Å². The van der Waals surface area contributed by atoms with Crippen LogP contribution in [0.4, 0.5) is 0 Å². The molecule has 6 heteroatoms. The lowest BCUT2D eigenvalue weighted by atomic mass is 10.2. The van der Waals surface area contributed by atoms with Gasteiger partial charge in [0.05, 0.1) is 18.8 Å². The number of hydrogen-bond donors (Lipinski definition) is 0. The van der Waals surface area contributed by atoms with Crippen molar-refractivity contribution < 1.29 is 14.3 Å². The molecule has 1 aromatic carbocycles. The first kappa shape index (κ1) is 18.4. The summed E-state index contributed by atoms with van der Waals surface area (Å²) in [6, 6.07) is 9.67. The Bertz CT molecular complexity index is 628. The molecule has 0 N–H and O–H groups in total. The molecule has 1 aromatic heterocycles. The number of carbonyl (C=O) groups excluding carboxylic acids is 1. The number of carbonyl (C=O) groups is 1. The minimum Gasteiger partial charge on any atom is -0.486 e. The zero-order valence-electron chi connectivity index (χ0n) is 14.4. The highest BCUT2D eigenvalue weighted by molar-refractivity contribution is 7.09. The van der Waals surface area contributed by atoms with Crippen LogP contribution in [0, 0.1) is 5.92 Å². The number of rotatable bonds is 9. The molecule has 0 fully saturated rings. The molecule has 1 amide bonds. The van der Waals surface area contributed by atoms with Gasteiger partial charge in [-0.3, -0.25) is 4.79 Å². The summed E-state index contributed by atoms with van der Waals surface area (Å²) in [7, 11) is 1.64. The second-order valence-corrected chi connectivity index (χ2v) is 6.68. The number of para-hydroxylation sites is 1. The third-order valence-corrected chi connectivity index (χ3v) is 4.30. The van der Waals surface area contributed by atoms with Crippen molar-refractivity contribution >= 4 is 17.2 Å². The maximum atomic E-state index is 12.3. The van der Waals surface area contributed by atoms with Crippen LogP contribution in [0.15, 0.2) is 35.7 Å². The van der Waals surface area contributed by atoms with Crippen molar-refractivity contribution in [2.75, 3.05) is 20.3 Å². The van der Waals surface area contributed by atoms with Gasteiger partial charge in [0.15, 0.2) is 0 Å². The predicted octanol–water partition coefficient (Wildman–Crippen LogP) is 3.35. The fourth-order valence-electron chi connectivity index (χ4n) is 2.18. The van der Waals surface area contributed by atoms with Gasteiger partial charge >= 0.3 is 0 Å². The van der Waals surface area contributed by atoms with Crippen LogP contribution < -0.4 is 4.74 Å². The minimum absolute atomic E-state index is 0.0404. The van der Waals surface area contributed by atoms with Gasteiger partial charge in [-0.05, 0) is 12.1 Å². The average Bonchev–Trinajstić information content (AvgIpc) is 3.04. The van der Waals surface area contributed by atoms with E-state index in [1.54, 1.807) is 23.3 Å². The van der Waals surface area contributed by atoms with Crippen molar-refractivity contribution in [2.24, 2.45) is 5.92 Å². The molecule has 5 nitrogen and oxygen atoms in total. The number of aromatic nitrogens is 1. The van der Waals surface area contributed by atoms with Gasteiger partial charge < -0.3 is 14.4 Å². The van der Waals surface area contributed by atoms with Crippen LogP contribution in [0.2, 0.25) is 0 Å². The summed E-state index contributed by atoms with van der Waals surface area (Å²) < 4.78 is 10.8. The molecule has 0 atom stereocenters. The van der Waals surface area contributed by atoms with Crippen molar-refractivity contribution in [3.8, 4) is 5.75 Å². The maximum absolute atomic E-state index is 12.3. The quantitative estimate of drug-likeness (QED) is 0.697. The summed E-state index contributed by atoms with van der Waals surface area (Å²) in [5.41, 5.74) is 0.886. The lowest BCUT2D eigenvalue weighted by Gasteiger charge is -2.23. The van der Waals surface area contributed by atoms with Crippen LogP contribution in [0.25, 0.3) is 0 Å². The maximum Gasteiger partial charge on any atom is 0.225 e. The van der Waals surface area contributed by atoms with Gasteiger partial charge in [0.2, 0.25) is 5.91 Å². The lowest BCUT2D eigenvalue weighted by molar-refractivity contribution is -0.135. The summed E-state index contributed by atoms with van der Waals surface area (Å²) in [6.07, 6.45) is 0. The summed E-state index contributed by atoms with van der Waals surface area (Å²) in [5, 5.41) is 2.88. The Morgan fingerprint density at radius 1 is 1.29 bits per heavy atom. The van der Waals surface area contributed by atoms with E-state index in [1.165, 1.54) is 0 Å². The largest absolute Gasteiger partial charge is 0.486 e. The molecule has 2 aromatic rings. The molecule has 0 bridgehead atoms. The minimum atomic E-state index is -0.0404. The summed E-state index contributed by atoms with van der Waals surface area (Å²) in [4.78, 5) is 18.7. The van der Waals surface area contributed by atoms with Crippen LogP contribution in [-0.2, 0) is 22.7 Å². The average molecular weight is 348 g/mol. The summed E-state index contributed by atoms with van der Waals surface area (Å²) in [6.45, 7) is 5.84. The molecule has 24 heavy (non-hydrogen) atoms. The molecular formula is C18H24N2O3S. The molecule has 0 saturated heterocycles. The van der Waals surface area contributed by atoms with Crippen LogP contribution in [-0.4, -0.2) is 36.1 Å². The fraction of sp³-hybridized carbons (Fsp3) is 0.444. The van der Waals surface area contributed by atoms with Gasteiger partial charge in [0.1, 0.15) is 17.4 Å². The number of nitrogens with zero attached hydrogens (tertiary/aromatic N) is 2. The predicted molar refractivity (Wildman–Crippen MR) is 95.0 cm³/mol. The van der Waals surface area contributed by atoms with Crippen LogP contribution >= 0.6 is 11.3 Å². The summed E-state index contributed by atoms with van der Waals surface area (Å²) in [5.74, 6) is 0.898. The molecule has 0 radical (unpaired) electrons. The molecule has 2 rings (SSSR count). The Labute approximate surface area is 147 Å². The standard InChI is InChI=1S/C18H24N2O3S/c1-14(2)18(21)20(9-10-22-3)11-15-13-24-17(19-15)12-23-16-7-5-4-6-8-16/h4-8,13-14H,9-12H2,1-3H3. The number of methoxy groups -OCH3 is 1. The van der Waals surface area contributed by atoms with Crippen molar-refractivity contribution in [2.45, 2.75) is 27.0 Å². The Morgan fingerprint density at radius 2 is 2.04 bits per heavy atom. The summed E-state index contributed by atoms with van der Waals surface area (Å²) >= 11 is 1.55. The molecule has 0 aliphatic heterocycles. The molecule has 0 unspecified atom stereocenters. The van der Waals surface area contributed by atoms with Crippen molar-refractivity contribution in [1.82, 2.24) is 9.88 Å². The number of thiazole rings is 1. The van der Waals surface area contributed by atoms with E-state index in [1.807, 2.05) is 49.6 Å². The first-order valence-corrected chi connectivity index (χ1v) is 8.87. The van der Waals surface area contributed by atoms with Gasteiger partial charge in [-0.2, -0.15) is 0 Å². The first-order valence-electron chi connectivity index (χ1n) is 7.99. The van der Waals surface area contributed by atoms with Crippen molar-refractivity contribution in [1.29, 1.82) is 0 Å². The van der Waals surface area contributed by atoms with Gasteiger partial charge in [-0.1, -0.05) is 32.0 Å². The normalized spacial score (nSPS) is 10.8. The fourth-order valence-corrected chi connectivity index (χ4v) is 2.88. The smallest absolute Gasteiger partial charge is 0.225 e. The third-order valence-electron chi connectivity index (χ3n) is 3.43. The van der Waals surface area contributed by atoms with Gasteiger partial charge in [-0.25, -0.2) is 4.98 Å². The van der Waals surface area contributed by atoms with Crippen molar-refractivity contribution in [3.05, 3.63) is 46.4 Å². The van der Waals surface area contributed by atoms with E-state index in [0.717, 1.165) is 16.5 Å². The van der Waals surface area contributed by atoms with Gasteiger partial charge in [-0.15, -0.1) is 11.3 Å². The number of ether oxygens (including phenoxy) is 2. The lowest BCUT2D eigenvalue weighted by Crippen LogP contribution is -2.36. The highest BCUT2D eigenvalue weighted by atomic mass is 32.1. The molecule has 0 spiro atoms. The Morgan fingerprint density at radius 3 is 2.71 bits per heavy atom. The highest BCUT2D eigenvalue weighted by Crippen LogP contribution is 2.16. The van der Waals surface area contributed by atoms with Gasteiger partial charge in [0.25, 0.3) is 0 Å². The number of benzene rings is 1.